The van der Waals surface area contributed by atoms with E-state index >= 15 is 0 Å². The van der Waals surface area contributed by atoms with Crippen molar-refractivity contribution in [3.05, 3.63) is 34.3 Å². The molecular formula is C13H19BrN4. The number of nitrogens with two attached hydrogens (primary N) is 1. The van der Waals surface area contributed by atoms with Crippen LogP contribution < -0.4 is 16.6 Å². The van der Waals surface area contributed by atoms with Crippen LogP contribution in [-0.2, 0) is 6.54 Å². The summed E-state index contributed by atoms with van der Waals surface area (Å²) in [5.41, 5.74) is 3.79. The van der Waals surface area contributed by atoms with Gasteiger partial charge in [0.2, 0.25) is 5.96 Å². The molecule has 0 atom stereocenters. The topological polar surface area (TPSA) is 62.4 Å². The summed E-state index contributed by atoms with van der Waals surface area (Å²) in [6.07, 6.45) is 4.99. The fourth-order valence-electron chi connectivity index (χ4n) is 2.19. The van der Waals surface area contributed by atoms with Gasteiger partial charge in [-0.2, -0.15) is 0 Å². The zero-order chi connectivity index (χ0) is 12.8. The van der Waals surface area contributed by atoms with E-state index in [1.54, 1.807) is 0 Å². The highest BCUT2D eigenvalue weighted by atomic mass is 79.9. The maximum absolute atomic E-state index is 5.50. The molecule has 0 radical (unpaired) electrons. The number of nitrogens with zero attached hydrogens (tertiary/aromatic N) is 1. The van der Waals surface area contributed by atoms with Gasteiger partial charge in [0.25, 0.3) is 0 Å². The molecule has 0 saturated heterocycles. The average molecular weight is 311 g/mol. The van der Waals surface area contributed by atoms with Crippen molar-refractivity contribution in [1.82, 2.24) is 10.7 Å². The van der Waals surface area contributed by atoms with Gasteiger partial charge in [-0.15, -0.1) is 0 Å². The molecule has 0 heterocycles. The third-order valence-electron chi connectivity index (χ3n) is 3.20. The zero-order valence-electron chi connectivity index (χ0n) is 10.3. The average Bonchev–Trinajstić information content (AvgIpc) is 2.89. The fourth-order valence-corrected chi connectivity index (χ4v) is 2.60. The molecule has 1 fully saturated rings. The lowest BCUT2D eigenvalue weighted by atomic mass is 10.2. The van der Waals surface area contributed by atoms with Gasteiger partial charge >= 0.3 is 0 Å². The quantitative estimate of drug-likeness (QED) is 0.347. The Labute approximate surface area is 116 Å². The third kappa shape index (κ3) is 3.71. The fraction of sp³-hybridized carbons (Fsp3) is 0.462. The Kier molecular flexibility index (Phi) is 5.01. The first-order valence-electron chi connectivity index (χ1n) is 6.30. The summed E-state index contributed by atoms with van der Waals surface area (Å²) in [6.45, 7) is 0.612. The molecule has 1 saturated carbocycles. The van der Waals surface area contributed by atoms with E-state index < -0.39 is 0 Å². The number of benzene rings is 1. The van der Waals surface area contributed by atoms with Crippen LogP contribution in [0.4, 0.5) is 0 Å². The van der Waals surface area contributed by atoms with Crippen LogP contribution in [0.2, 0.25) is 0 Å². The minimum atomic E-state index is 0.513. The molecule has 0 unspecified atom stereocenters. The molecule has 0 spiro atoms. The molecular weight excluding hydrogens is 292 g/mol. The van der Waals surface area contributed by atoms with Crippen molar-refractivity contribution in [3.8, 4) is 0 Å². The van der Waals surface area contributed by atoms with Crippen molar-refractivity contribution in [1.29, 1.82) is 0 Å². The Morgan fingerprint density at radius 1 is 1.33 bits per heavy atom. The molecule has 5 heteroatoms. The Morgan fingerprint density at radius 3 is 2.72 bits per heavy atom. The molecule has 4 nitrogen and oxygen atoms in total. The first-order valence-corrected chi connectivity index (χ1v) is 7.10. The van der Waals surface area contributed by atoms with Gasteiger partial charge in [0, 0.05) is 10.5 Å². The number of aliphatic imine (C=N–C) groups is 1. The molecule has 1 aromatic rings. The first-order chi connectivity index (χ1) is 8.79. The van der Waals surface area contributed by atoms with E-state index in [1.165, 1.54) is 25.7 Å². The van der Waals surface area contributed by atoms with Crippen molar-refractivity contribution in [2.24, 2.45) is 10.8 Å². The molecule has 4 N–H and O–H groups in total. The van der Waals surface area contributed by atoms with Gasteiger partial charge in [-0.3, -0.25) is 5.43 Å². The van der Waals surface area contributed by atoms with E-state index in [9.17, 15) is 0 Å². The maximum Gasteiger partial charge on any atom is 0.206 e. The van der Waals surface area contributed by atoms with Crippen LogP contribution in [0.25, 0.3) is 0 Å². The molecule has 1 aliphatic rings. The lowest BCUT2D eigenvalue weighted by molar-refractivity contribution is 0.614. The lowest BCUT2D eigenvalue weighted by Crippen LogP contribution is -2.45. The van der Waals surface area contributed by atoms with Crippen LogP contribution in [-0.4, -0.2) is 12.0 Å². The summed E-state index contributed by atoms with van der Waals surface area (Å²) in [7, 11) is 0. The summed E-state index contributed by atoms with van der Waals surface area (Å²) < 4.78 is 1.07. The minimum absolute atomic E-state index is 0.513. The number of rotatable bonds is 3. The van der Waals surface area contributed by atoms with Gasteiger partial charge < -0.3 is 5.32 Å². The van der Waals surface area contributed by atoms with Gasteiger partial charge in [-0.05, 0) is 24.5 Å². The van der Waals surface area contributed by atoms with E-state index in [0.29, 0.717) is 18.5 Å². The molecule has 0 amide bonds. The standard InChI is InChI=1S/C13H19BrN4/c14-12-8-4-1-5-10(12)9-16-13(18-15)17-11-6-2-3-7-11/h1,4-5,8,11H,2-3,6-7,9,15H2,(H2,16,17,18). The van der Waals surface area contributed by atoms with Gasteiger partial charge in [-0.25, -0.2) is 10.8 Å². The summed E-state index contributed by atoms with van der Waals surface area (Å²) in [6, 6.07) is 8.59. The highest BCUT2D eigenvalue weighted by Gasteiger charge is 2.15. The van der Waals surface area contributed by atoms with E-state index in [1.807, 2.05) is 18.2 Å². The molecule has 1 aromatic carbocycles. The summed E-state index contributed by atoms with van der Waals surface area (Å²) in [4.78, 5) is 4.48. The Morgan fingerprint density at radius 2 is 2.06 bits per heavy atom. The Balaban J connectivity index is 1.95. The first kappa shape index (κ1) is 13.4. The molecule has 18 heavy (non-hydrogen) atoms. The minimum Gasteiger partial charge on any atom is -0.353 e. The van der Waals surface area contributed by atoms with Gasteiger partial charge in [-0.1, -0.05) is 47.0 Å². The Hall–Kier alpha value is -1.07. The highest BCUT2D eigenvalue weighted by Crippen LogP contribution is 2.18. The van der Waals surface area contributed by atoms with Crippen molar-refractivity contribution in [3.63, 3.8) is 0 Å². The molecule has 0 aromatic heterocycles. The monoisotopic (exact) mass is 310 g/mol. The molecule has 0 aliphatic heterocycles. The van der Waals surface area contributed by atoms with E-state index in [0.717, 1.165) is 10.0 Å². The summed E-state index contributed by atoms with van der Waals surface area (Å²) in [5.74, 6) is 6.18. The van der Waals surface area contributed by atoms with Crippen molar-refractivity contribution < 1.29 is 0 Å². The van der Waals surface area contributed by atoms with Crippen LogP contribution in [0.1, 0.15) is 31.2 Å². The number of guanidine groups is 1. The zero-order valence-corrected chi connectivity index (χ0v) is 11.9. The van der Waals surface area contributed by atoms with Crippen LogP contribution in [0.3, 0.4) is 0 Å². The van der Waals surface area contributed by atoms with E-state index in [4.69, 9.17) is 5.84 Å². The number of halogens is 1. The second kappa shape index (κ2) is 6.75. The normalized spacial score (nSPS) is 16.9. The number of nitrogens with one attached hydrogen (secondary N) is 2. The third-order valence-corrected chi connectivity index (χ3v) is 3.97. The maximum atomic E-state index is 5.50. The summed E-state index contributed by atoms with van der Waals surface area (Å²) in [5, 5.41) is 3.35. The van der Waals surface area contributed by atoms with Gasteiger partial charge in [0.1, 0.15) is 0 Å². The SMILES string of the molecule is NNC(=NCc1ccccc1Br)NC1CCCC1. The van der Waals surface area contributed by atoms with Crippen LogP contribution in [0.15, 0.2) is 33.7 Å². The predicted molar refractivity (Wildman–Crippen MR) is 78.0 cm³/mol. The Bertz CT molecular complexity index is 413. The number of hydrogen-bond donors (Lipinski definition) is 3. The van der Waals surface area contributed by atoms with Crippen molar-refractivity contribution in [2.75, 3.05) is 0 Å². The van der Waals surface area contributed by atoms with Crippen molar-refractivity contribution in [2.45, 2.75) is 38.3 Å². The van der Waals surface area contributed by atoms with Gasteiger partial charge in [0.05, 0.1) is 6.54 Å². The highest BCUT2D eigenvalue weighted by molar-refractivity contribution is 9.10. The van der Waals surface area contributed by atoms with E-state index in [2.05, 4.69) is 37.7 Å². The molecule has 2 rings (SSSR count). The molecule has 1 aliphatic carbocycles. The summed E-state index contributed by atoms with van der Waals surface area (Å²) >= 11 is 3.52. The number of hydrogen-bond acceptors (Lipinski definition) is 2. The van der Waals surface area contributed by atoms with Crippen LogP contribution >= 0.6 is 15.9 Å². The second-order valence-corrected chi connectivity index (χ2v) is 5.38. The predicted octanol–water partition coefficient (Wildman–Crippen LogP) is 2.30. The van der Waals surface area contributed by atoms with Crippen LogP contribution in [0.5, 0.6) is 0 Å². The molecule has 0 bridgehead atoms. The molecule has 98 valence electrons. The largest absolute Gasteiger partial charge is 0.353 e. The van der Waals surface area contributed by atoms with Crippen molar-refractivity contribution >= 4 is 21.9 Å². The number of hydrazine groups is 1. The van der Waals surface area contributed by atoms with Gasteiger partial charge in [0.15, 0.2) is 0 Å². The van der Waals surface area contributed by atoms with Crippen LogP contribution in [0, 0.1) is 0 Å². The van der Waals surface area contributed by atoms with E-state index in [-0.39, 0.29) is 0 Å². The smallest absolute Gasteiger partial charge is 0.206 e. The lowest BCUT2D eigenvalue weighted by Gasteiger charge is -2.15. The second-order valence-electron chi connectivity index (χ2n) is 4.53.